The van der Waals surface area contributed by atoms with Gasteiger partial charge in [-0.15, -0.1) is 6.58 Å². The Balaban J connectivity index is 2.62. The second-order valence-corrected chi connectivity index (χ2v) is 4.56. The van der Waals surface area contributed by atoms with Crippen LogP contribution in [0, 0.1) is 10.1 Å². The number of halogens is 1. The van der Waals surface area contributed by atoms with E-state index in [0.29, 0.717) is 17.7 Å². The maximum atomic E-state index is 10.7. The molecule has 0 aliphatic heterocycles. The molecule has 0 heterocycles. The minimum atomic E-state index is -0.415. The standard InChI is InChI=1S/C12H14BrNO3/c1-9(2)6-7-17-8-10-4-3-5-11(12(10)13)14(15)16/h3-5H,1,6-8H2,2H3. The highest BCUT2D eigenvalue weighted by Crippen LogP contribution is 2.28. The van der Waals surface area contributed by atoms with Gasteiger partial charge in [0.25, 0.3) is 5.69 Å². The highest BCUT2D eigenvalue weighted by Gasteiger charge is 2.14. The molecule has 0 unspecified atom stereocenters. The molecule has 0 saturated heterocycles. The molecule has 0 fully saturated rings. The van der Waals surface area contributed by atoms with Crippen LogP contribution in [0.5, 0.6) is 0 Å². The highest BCUT2D eigenvalue weighted by molar-refractivity contribution is 9.10. The van der Waals surface area contributed by atoms with E-state index in [-0.39, 0.29) is 5.69 Å². The van der Waals surface area contributed by atoms with E-state index in [0.717, 1.165) is 17.6 Å². The van der Waals surface area contributed by atoms with Crippen LogP contribution in [0.15, 0.2) is 34.8 Å². The normalized spacial score (nSPS) is 10.2. The lowest BCUT2D eigenvalue weighted by Crippen LogP contribution is -1.98. The third-order valence-corrected chi connectivity index (χ3v) is 3.10. The smallest absolute Gasteiger partial charge is 0.283 e. The monoisotopic (exact) mass is 299 g/mol. The first-order chi connectivity index (χ1) is 8.02. The van der Waals surface area contributed by atoms with E-state index in [2.05, 4.69) is 22.5 Å². The number of nitro benzene ring substituents is 1. The van der Waals surface area contributed by atoms with Crippen molar-refractivity contribution in [1.82, 2.24) is 0 Å². The summed E-state index contributed by atoms with van der Waals surface area (Å²) >= 11 is 3.22. The van der Waals surface area contributed by atoms with Crippen molar-refractivity contribution in [3.05, 3.63) is 50.5 Å². The molecule has 0 spiro atoms. The molecule has 1 rings (SSSR count). The lowest BCUT2D eigenvalue weighted by molar-refractivity contribution is -0.385. The molecular formula is C12H14BrNO3. The number of nitrogens with zero attached hydrogens (tertiary/aromatic N) is 1. The number of hydrogen-bond donors (Lipinski definition) is 0. The van der Waals surface area contributed by atoms with Crippen molar-refractivity contribution in [2.45, 2.75) is 20.0 Å². The topological polar surface area (TPSA) is 52.4 Å². The van der Waals surface area contributed by atoms with Crippen LogP contribution in [0.4, 0.5) is 5.69 Å². The molecule has 0 aromatic heterocycles. The van der Waals surface area contributed by atoms with Crippen LogP contribution in [0.25, 0.3) is 0 Å². The maximum absolute atomic E-state index is 10.7. The first-order valence-corrected chi connectivity index (χ1v) is 5.95. The summed E-state index contributed by atoms with van der Waals surface area (Å²) in [6.45, 7) is 6.64. The summed E-state index contributed by atoms with van der Waals surface area (Å²) in [5, 5.41) is 10.7. The van der Waals surface area contributed by atoms with E-state index in [1.807, 2.05) is 6.92 Å². The van der Waals surface area contributed by atoms with Gasteiger partial charge in [0.05, 0.1) is 18.1 Å². The highest BCUT2D eigenvalue weighted by atomic mass is 79.9. The fraction of sp³-hybridized carbons (Fsp3) is 0.333. The van der Waals surface area contributed by atoms with Crippen molar-refractivity contribution < 1.29 is 9.66 Å². The van der Waals surface area contributed by atoms with Crippen molar-refractivity contribution in [2.75, 3.05) is 6.61 Å². The van der Waals surface area contributed by atoms with Crippen LogP contribution in [0.3, 0.4) is 0 Å². The van der Waals surface area contributed by atoms with E-state index < -0.39 is 4.92 Å². The number of rotatable bonds is 6. The Morgan fingerprint density at radius 2 is 2.29 bits per heavy atom. The molecule has 0 saturated carbocycles. The second kappa shape index (κ2) is 6.51. The van der Waals surface area contributed by atoms with Gasteiger partial charge in [-0.2, -0.15) is 0 Å². The minimum absolute atomic E-state index is 0.0611. The van der Waals surface area contributed by atoms with Crippen LogP contribution in [0.1, 0.15) is 18.9 Å². The number of hydrogen-bond acceptors (Lipinski definition) is 3. The zero-order valence-corrected chi connectivity index (χ0v) is 11.2. The Morgan fingerprint density at radius 1 is 1.59 bits per heavy atom. The molecule has 0 N–H and O–H groups in total. The van der Waals surface area contributed by atoms with Crippen LogP contribution in [0.2, 0.25) is 0 Å². The van der Waals surface area contributed by atoms with Gasteiger partial charge < -0.3 is 4.74 Å². The van der Waals surface area contributed by atoms with Crippen molar-refractivity contribution in [3.63, 3.8) is 0 Å². The van der Waals surface area contributed by atoms with E-state index in [4.69, 9.17) is 4.74 Å². The van der Waals surface area contributed by atoms with Gasteiger partial charge in [0, 0.05) is 6.07 Å². The van der Waals surface area contributed by atoms with Gasteiger partial charge in [0.2, 0.25) is 0 Å². The molecule has 5 heteroatoms. The Morgan fingerprint density at radius 3 is 2.88 bits per heavy atom. The molecule has 92 valence electrons. The van der Waals surface area contributed by atoms with E-state index in [9.17, 15) is 10.1 Å². The van der Waals surface area contributed by atoms with Gasteiger partial charge in [0.1, 0.15) is 4.47 Å². The fourth-order valence-corrected chi connectivity index (χ4v) is 1.77. The van der Waals surface area contributed by atoms with Gasteiger partial charge in [0.15, 0.2) is 0 Å². The van der Waals surface area contributed by atoms with E-state index >= 15 is 0 Å². The molecule has 1 aromatic carbocycles. The number of benzene rings is 1. The largest absolute Gasteiger partial charge is 0.376 e. The summed E-state index contributed by atoms with van der Waals surface area (Å²) in [6, 6.07) is 4.92. The Labute approximate surface area is 109 Å². The SMILES string of the molecule is C=C(C)CCOCc1cccc([N+](=O)[O-])c1Br. The Kier molecular flexibility index (Phi) is 5.31. The minimum Gasteiger partial charge on any atom is -0.376 e. The van der Waals surface area contributed by atoms with Crippen LogP contribution < -0.4 is 0 Å². The molecule has 0 amide bonds. The molecule has 0 aliphatic rings. The maximum Gasteiger partial charge on any atom is 0.283 e. The first-order valence-electron chi connectivity index (χ1n) is 5.16. The summed E-state index contributed by atoms with van der Waals surface area (Å²) in [7, 11) is 0. The average Bonchev–Trinajstić information content (AvgIpc) is 2.25. The molecule has 0 atom stereocenters. The summed E-state index contributed by atoms with van der Waals surface area (Å²) in [5.74, 6) is 0. The fourth-order valence-electron chi connectivity index (χ4n) is 1.25. The van der Waals surface area contributed by atoms with Crippen molar-refractivity contribution >= 4 is 21.6 Å². The molecule has 1 aromatic rings. The lowest BCUT2D eigenvalue weighted by Gasteiger charge is -2.06. The van der Waals surface area contributed by atoms with Crippen LogP contribution >= 0.6 is 15.9 Å². The molecule has 0 bridgehead atoms. The zero-order valence-electron chi connectivity index (χ0n) is 9.61. The number of nitro groups is 1. The molecule has 17 heavy (non-hydrogen) atoms. The van der Waals surface area contributed by atoms with Gasteiger partial charge in [-0.25, -0.2) is 0 Å². The Bertz CT molecular complexity index is 432. The summed E-state index contributed by atoms with van der Waals surface area (Å²) < 4.78 is 5.92. The number of ether oxygens (including phenoxy) is 1. The molecule has 4 nitrogen and oxygen atoms in total. The second-order valence-electron chi connectivity index (χ2n) is 3.77. The quantitative estimate of drug-likeness (QED) is 0.347. The third kappa shape index (κ3) is 4.28. The average molecular weight is 300 g/mol. The first kappa shape index (κ1) is 13.9. The van der Waals surface area contributed by atoms with Crippen molar-refractivity contribution in [2.24, 2.45) is 0 Å². The third-order valence-electron chi connectivity index (χ3n) is 2.19. The van der Waals surface area contributed by atoms with Gasteiger partial charge in [-0.05, 0) is 34.8 Å². The predicted octanol–water partition coefficient (Wildman–Crippen LogP) is 3.84. The summed E-state index contributed by atoms with van der Waals surface area (Å²) in [4.78, 5) is 10.3. The van der Waals surface area contributed by atoms with Crippen molar-refractivity contribution in [1.29, 1.82) is 0 Å². The van der Waals surface area contributed by atoms with Crippen LogP contribution in [-0.4, -0.2) is 11.5 Å². The Hall–Kier alpha value is -1.20. The lowest BCUT2D eigenvalue weighted by atomic mass is 10.2. The van der Waals surface area contributed by atoms with Gasteiger partial charge >= 0.3 is 0 Å². The van der Waals surface area contributed by atoms with E-state index in [1.54, 1.807) is 12.1 Å². The predicted molar refractivity (Wildman–Crippen MR) is 69.9 cm³/mol. The summed E-state index contributed by atoms with van der Waals surface area (Å²) in [6.07, 6.45) is 0.798. The molecule has 0 radical (unpaired) electrons. The van der Waals surface area contributed by atoms with Crippen molar-refractivity contribution in [3.8, 4) is 0 Å². The summed E-state index contributed by atoms with van der Waals surface area (Å²) in [5.41, 5.74) is 1.90. The van der Waals surface area contributed by atoms with Gasteiger partial charge in [-0.3, -0.25) is 10.1 Å². The molecule has 0 aliphatic carbocycles. The zero-order chi connectivity index (χ0) is 12.8. The molecular weight excluding hydrogens is 286 g/mol. The van der Waals surface area contributed by atoms with E-state index in [1.165, 1.54) is 6.07 Å². The van der Waals surface area contributed by atoms with Gasteiger partial charge in [-0.1, -0.05) is 17.7 Å². The van der Waals surface area contributed by atoms with Crippen LogP contribution in [-0.2, 0) is 11.3 Å².